The van der Waals surface area contributed by atoms with Gasteiger partial charge in [-0.2, -0.15) is 0 Å². The highest BCUT2D eigenvalue weighted by molar-refractivity contribution is 7.92. The molecule has 2 atom stereocenters. The second-order valence-corrected chi connectivity index (χ2v) is 8.24. The van der Waals surface area contributed by atoms with Gasteiger partial charge in [-0.25, -0.2) is 8.42 Å². The Balaban J connectivity index is 1.87. The van der Waals surface area contributed by atoms with Crippen molar-refractivity contribution < 1.29 is 28.5 Å². The Kier molecular flexibility index (Phi) is 8.06. The standard InChI is InChI=1S/C19H26N2O6S/c1-28(25,26)21-18-10-14(7-8-19(18)24)9-15(12-22)20-11-16(23)13-27-17-5-3-2-4-6-17/h2-8,10,15-16,20-24H,9,11-13H2,1H3/t15-,16-/m0/s1. The third kappa shape index (κ3) is 7.73. The molecule has 0 unspecified atom stereocenters. The van der Waals surface area contributed by atoms with Gasteiger partial charge in [0.1, 0.15) is 24.2 Å². The fourth-order valence-corrected chi connectivity index (χ4v) is 3.11. The van der Waals surface area contributed by atoms with Gasteiger partial charge in [-0.15, -0.1) is 0 Å². The molecule has 0 saturated heterocycles. The van der Waals surface area contributed by atoms with E-state index in [0.29, 0.717) is 17.7 Å². The van der Waals surface area contributed by atoms with Crippen LogP contribution in [0.15, 0.2) is 48.5 Å². The number of para-hydroxylation sites is 1. The Morgan fingerprint density at radius 1 is 1.14 bits per heavy atom. The van der Waals surface area contributed by atoms with Crippen LogP contribution in [0, 0.1) is 0 Å². The van der Waals surface area contributed by atoms with Crippen LogP contribution >= 0.6 is 0 Å². The Labute approximate surface area is 164 Å². The first kappa shape index (κ1) is 22.0. The van der Waals surface area contributed by atoms with E-state index in [4.69, 9.17) is 4.74 Å². The molecule has 0 spiro atoms. The molecule has 5 N–H and O–H groups in total. The lowest BCUT2D eigenvalue weighted by Crippen LogP contribution is -2.41. The molecule has 2 rings (SSSR count). The van der Waals surface area contributed by atoms with Gasteiger partial charge in [0.05, 0.1) is 18.6 Å². The topological polar surface area (TPSA) is 128 Å². The molecule has 0 aliphatic rings. The number of anilines is 1. The fraction of sp³-hybridized carbons (Fsp3) is 0.368. The quantitative estimate of drug-likeness (QED) is 0.345. The lowest BCUT2D eigenvalue weighted by molar-refractivity contribution is 0.0997. The highest BCUT2D eigenvalue weighted by Gasteiger charge is 2.14. The maximum absolute atomic E-state index is 11.4. The van der Waals surface area contributed by atoms with Crippen molar-refractivity contribution in [2.45, 2.75) is 18.6 Å². The molecule has 0 saturated carbocycles. The summed E-state index contributed by atoms with van der Waals surface area (Å²) in [5.41, 5.74) is 0.790. The van der Waals surface area contributed by atoms with Crippen LogP contribution in [0.25, 0.3) is 0 Å². The number of nitrogens with one attached hydrogen (secondary N) is 2. The Morgan fingerprint density at radius 2 is 1.86 bits per heavy atom. The van der Waals surface area contributed by atoms with Crippen LogP contribution in [0.3, 0.4) is 0 Å². The van der Waals surface area contributed by atoms with E-state index in [1.807, 2.05) is 18.2 Å². The first-order chi connectivity index (χ1) is 13.3. The summed E-state index contributed by atoms with van der Waals surface area (Å²) in [5.74, 6) is 0.478. The second kappa shape index (κ2) is 10.3. The number of aliphatic hydroxyl groups excluding tert-OH is 2. The molecule has 0 fully saturated rings. The second-order valence-electron chi connectivity index (χ2n) is 6.50. The minimum absolute atomic E-state index is 0.0768. The van der Waals surface area contributed by atoms with E-state index in [-0.39, 0.29) is 37.2 Å². The van der Waals surface area contributed by atoms with Crippen molar-refractivity contribution in [3.05, 3.63) is 54.1 Å². The molecule has 0 amide bonds. The minimum Gasteiger partial charge on any atom is -0.506 e. The summed E-state index contributed by atoms with van der Waals surface area (Å²) in [6.07, 6.45) is 0.606. The first-order valence-corrected chi connectivity index (χ1v) is 10.7. The number of phenols is 1. The molecule has 28 heavy (non-hydrogen) atoms. The summed E-state index contributed by atoms with van der Waals surface area (Å²) >= 11 is 0. The smallest absolute Gasteiger partial charge is 0.229 e. The third-order valence-corrected chi connectivity index (χ3v) is 4.48. The van der Waals surface area contributed by atoms with Gasteiger partial charge < -0.3 is 25.4 Å². The average molecular weight is 410 g/mol. The SMILES string of the molecule is CS(=O)(=O)Nc1cc(C[C@@H](CO)NC[C@H](O)COc2ccccc2)ccc1O. The van der Waals surface area contributed by atoms with E-state index < -0.39 is 16.1 Å². The van der Waals surface area contributed by atoms with Gasteiger partial charge >= 0.3 is 0 Å². The van der Waals surface area contributed by atoms with Gasteiger partial charge in [0.25, 0.3) is 0 Å². The lowest BCUT2D eigenvalue weighted by Gasteiger charge is -2.20. The molecule has 2 aromatic rings. The minimum atomic E-state index is -3.52. The van der Waals surface area contributed by atoms with E-state index in [2.05, 4.69) is 10.0 Å². The predicted molar refractivity (Wildman–Crippen MR) is 107 cm³/mol. The first-order valence-electron chi connectivity index (χ1n) is 8.76. The van der Waals surface area contributed by atoms with Gasteiger partial charge in [-0.05, 0) is 36.2 Å². The van der Waals surface area contributed by atoms with Crippen LogP contribution in [0.5, 0.6) is 11.5 Å². The third-order valence-electron chi connectivity index (χ3n) is 3.89. The van der Waals surface area contributed by atoms with E-state index >= 15 is 0 Å². The average Bonchev–Trinajstić information content (AvgIpc) is 2.65. The molecule has 0 aromatic heterocycles. The molecule has 0 bridgehead atoms. The highest BCUT2D eigenvalue weighted by Crippen LogP contribution is 2.25. The molecule has 0 heterocycles. The summed E-state index contributed by atoms with van der Waals surface area (Å²) < 4.78 is 30.5. The van der Waals surface area contributed by atoms with E-state index in [0.717, 1.165) is 6.26 Å². The summed E-state index contributed by atoms with van der Waals surface area (Å²) in [6.45, 7) is 0.142. The van der Waals surface area contributed by atoms with Crippen LogP contribution in [0.1, 0.15) is 5.56 Å². The number of benzene rings is 2. The number of rotatable bonds is 11. The van der Waals surface area contributed by atoms with E-state index in [1.54, 1.807) is 18.2 Å². The number of phenolic OH excluding ortho intramolecular Hbond substituents is 1. The summed E-state index contributed by atoms with van der Waals surface area (Å²) in [7, 11) is -3.52. The molecule has 154 valence electrons. The molecular formula is C19H26N2O6S. The molecule has 8 nitrogen and oxygen atoms in total. The van der Waals surface area contributed by atoms with Crippen molar-refractivity contribution in [1.82, 2.24) is 5.32 Å². The van der Waals surface area contributed by atoms with Crippen molar-refractivity contribution in [3.8, 4) is 11.5 Å². The van der Waals surface area contributed by atoms with Crippen molar-refractivity contribution in [3.63, 3.8) is 0 Å². The molecule has 0 radical (unpaired) electrons. The zero-order chi connectivity index (χ0) is 20.6. The van der Waals surface area contributed by atoms with Gasteiger partial charge in [0.15, 0.2) is 0 Å². The van der Waals surface area contributed by atoms with Crippen LogP contribution < -0.4 is 14.8 Å². The Hall–Kier alpha value is -2.33. The molecular weight excluding hydrogens is 384 g/mol. The number of hydrogen-bond acceptors (Lipinski definition) is 7. The Bertz CT molecular complexity index is 845. The van der Waals surface area contributed by atoms with E-state index in [9.17, 15) is 23.7 Å². The van der Waals surface area contributed by atoms with Crippen molar-refractivity contribution in [1.29, 1.82) is 0 Å². The molecule has 0 aliphatic heterocycles. The maximum atomic E-state index is 11.4. The summed E-state index contributed by atoms with van der Waals surface area (Å²) in [5, 5.41) is 32.5. The highest BCUT2D eigenvalue weighted by atomic mass is 32.2. The van der Waals surface area contributed by atoms with E-state index in [1.165, 1.54) is 12.1 Å². The molecule has 2 aromatic carbocycles. The van der Waals surface area contributed by atoms with Crippen LogP contribution in [0.4, 0.5) is 5.69 Å². The lowest BCUT2D eigenvalue weighted by atomic mass is 10.1. The van der Waals surface area contributed by atoms with Crippen LogP contribution in [-0.4, -0.2) is 61.9 Å². The zero-order valence-electron chi connectivity index (χ0n) is 15.6. The van der Waals surface area contributed by atoms with Crippen molar-refractivity contribution in [2.24, 2.45) is 0 Å². The van der Waals surface area contributed by atoms with Gasteiger partial charge in [-0.1, -0.05) is 24.3 Å². The van der Waals surface area contributed by atoms with Crippen LogP contribution in [-0.2, 0) is 16.4 Å². The summed E-state index contributed by atoms with van der Waals surface area (Å²) in [4.78, 5) is 0. The number of ether oxygens (including phenoxy) is 1. The number of aliphatic hydroxyl groups is 2. The maximum Gasteiger partial charge on any atom is 0.229 e. The number of aromatic hydroxyl groups is 1. The van der Waals surface area contributed by atoms with Gasteiger partial charge in [-0.3, -0.25) is 4.72 Å². The molecule has 9 heteroatoms. The number of hydrogen-bond donors (Lipinski definition) is 5. The monoisotopic (exact) mass is 410 g/mol. The number of sulfonamides is 1. The predicted octanol–water partition coefficient (Wildman–Crippen LogP) is 0.697. The summed E-state index contributed by atoms with van der Waals surface area (Å²) in [6, 6.07) is 13.3. The largest absolute Gasteiger partial charge is 0.506 e. The van der Waals surface area contributed by atoms with Gasteiger partial charge in [0.2, 0.25) is 10.0 Å². The van der Waals surface area contributed by atoms with Crippen molar-refractivity contribution >= 4 is 15.7 Å². The van der Waals surface area contributed by atoms with Gasteiger partial charge in [0, 0.05) is 12.6 Å². The van der Waals surface area contributed by atoms with Crippen molar-refractivity contribution in [2.75, 3.05) is 30.7 Å². The Morgan fingerprint density at radius 3 is 2.50 bits per heavy atom. The molecule has 0 aliphatic carbocycles. The zero-order valence-corrected chi connectivity index (χ0v) is 16.4. The van der Waals surface area contributed by atoms with Crippen LogP contribution in [0.2, 0.25) is 0 Å². The fourth-order valence-electron chi connectivity index (χ4n) is 2.55. The normalized spacial score (nSPS) is 13.7.